The molecule has 2 aromatic rings. The van der Waals surface area contributed by atoms with Crippen molar-refractivity contribution in [3.05, 3.63) is 63.7 Å². The third-order valence-corrected chi connectivity index (χ3v) is 3.69. The zero-order valence-corrected chi connectivity index (χ0v) is 12.6. The number of ketones is 1. The SMILES string of the molecule is COc1ccc(C)cc1CC(=O)c1ccc(C)c(Cl)c1. The van der Waals surface area contributed by atoms with Gasteiger partial charge in [-0.25, -0.2) is 0 Å². The number of ether oxygens (including phenoxy) is 1. The molecule has 0 atom stereocenters. The number of carbonyl (C=O) groups excluding carboxylic acids is 1. The summed E-state index contributed by atoms with van der Waals surface area (Å²) in [6, 6.07) is 11.2. The van der Waals surface area contributed by atoms with E-state index in [1.807, 2.05) is 44.2 Å². The van der Waals surface area contributed by atoms with E-state index >= 15 is 0 Å². The Morgan fingerprint density at radius 2 is 1.90 bits per heavy atom. The van der Waals surface area contributed by atoms with Crippen LogP contribution in [0.1, 0.15) is 27.0 Å². The lowest BCUT2D eigenvalue weighted by Crippen LogP contribution is -2.05. The van der Waals surface area contributed by atoms with E-state index < -0.39 is 0 Å². The fourth-order valence-corrected chi connectivity index (χ4v) is 2.27. The minimum absolute atomic E-state index is 0.0378. The molecular formula is C17H17ClO2. The average molecular weight is 289 g/mol. The van der Waals surface area contributed by atoms with Gasteiger partial charge in [-0.1, -0.05) is 41.4 Å². The summed E-state index contributed by atoms with van der Waals surface area (Å²) < 4.78 is 5.30. The number of hydrogen-bond donors (Lipinski definition) is 0. The van der Waals surface area contributed by atoms with Gasteiger partial charge in [0.15, 0.2) is 5.78 Å². The second-order valence-electron chi connectivity index (χ2n) is 4.88. The van der Waals surface area contributed by atoms with Gasteiger partial charge in [-0.2, -0.15) is 0 Å². The van der Waals surface area contributed by atoms with E-state index in [1.165, 1.54) is 0 Å². The van der Waals surface area contributed by atoms with Gasteiger partial charge in [0.25, 0.3) is 0 Å². The molecule has 0 aliphatic heterocycles. The fourth-order valence-electron chi connectivity index (χ4n) is 2.09. The molecule has 0 saturated heterocycles. The highest BCUT2D eigenvalue weighted by Crippen LogP contribution is 2.23. The summed E-state index contributed by atoms with van der Waals surface area (Å²) in [5.74, 6) is 0.776. The highest BCUT2D eigenvalue weighted by molar-refractivity contribution is 6.31. The molecule has 3 heteroatoms. The molecule has 0 aliphatic rings. The summed E-state index contributed by atoms with van der Waals surface area (Å²) in [6.07, 6.45) is 0.310. The zero-order chi connectivity index (χ0) is 14.7. The average Bonchev–Trinajstić information content (AvgIpc) is 2.42. The summed E-state index contributed by atoms with van der Waals surface area (Å²) in [6.45, 7) is 3.91. The lowest BCUT2D eigenvalue weighted by molar-refractivity contribution is 0.0992. The highest BCUT2D eigenvalue weighted by atomic mass is 35.5. The smallest absolute Gasteiger partial charge is 0.167 e. The number of Topliss-reactive ketones (excluding diaryl/α,β-unsaturated/α-hetero) is 1. The van der Waals surface area contributed by atoms with Crippen LogP contribution in [-0.4, -0.2) is 12.9 Å². The number of benzene rings is 2. The van der Waals surface area contributed by atoms with Gasteiger partial charge in [-0.3, -0.25) is 4.79 Å². The molecule has 2 aromatic carbocycles. The van der Waals surface area contributed by atoms with Crippen LogP contribution in [0.5, 0.6) is 5.75 Å². The fraction of sp³-hybridized carbons (Fsp3) is 0.235. The highest BCUT2D eigenvalue weighted by Gasteiger charge is 2.12. The van der Waals surface area contributed by atoms with Gasteiger partial charge in [0, 0.05) is 22.6 Å². The van der Waals surface area contributed by atoms with Gasteiger partial charge in [0.05, 0.1) is 7.11 Å². The summed E-state index contributed by atoms with van der Waals surface area (Å²) in [4.78, 5) is 12.3. The first kappa shape index (κ1) is 14.6. The number of aryl methyl sites for hydroxylation is 2. The van der Waals surface area contributed by atoms with Gasteiger partial charge in [-0.05, 0) is 31.5 Å². The monoisotopic (exact) mass is 288 g/mol. The van der Waals surface area contributed by atoms with Gasteiger partial charge in [0.2, 0.25) is 0 Å². The van der Waals surface area contributed by atoms with Crippen molar-refractivity contribution < 1.29 is 9.53 Å². The molecule has 20 heavy (non-hydrogen) atoms. The molecule has 0 radical (unpaired) electrons. The normalized spacial score (nSPS) is 10.4. The molecule has 0 N–H and O–H groups in total. The number of rotatable bonds is 4. The third kappa shape index (κ3) is 3.20. The summed E-state index contributed by atoms with van der Waals surface area (Å²) in [5, 5.41) is 0.618. The van der Waals surface area contributed by atoms with Crippen molar-refractivity contribution in [2.75, 3.05) is 7.11 Å². The van der Waals surface area contributed by atoms with Gasteiger partial charge >= 0.3 is 0 Å². The van der Waals surface area contributed by atoms with Crippen molar-refractivity contribution in [2.24, 2.45) is 0 Å². The lowest BCUT2D eigenvalue weighted by atomic mass is 10.00. The largest absolute Gasteiger partial charge is 0.496 e. The maximum atomic E-state index is 12.3. The van der Waals surface area contributed by atoms with E-state index in [2.05, 4.69) is 0 Å². The van der Waals surface area contributed by atoms with Crippen LogP contribution < -0.4 is 4.74 Å². The number of hydrogen-bond acceptors (Lipinski definition) is 2. The van der Waals surface area contributed by atoms with Crippen molar-refractivity contribution in [1.29, 1.82) is 0 Å². The molecule has 0 aliphatic carbocycles. The molecular weight excluding hydrogens is 272 g/mol. The van der Waals surface area contributed by atoms with Gasteiger partial charge in [-0.15, -0.1) is 0 Å². The van der Waals surface area contributed by atoms with E-state index in [0.29, 0.717) is 17.0 Å². The Balaban J connectivity index is 2.27. The van der Waals surface area contributed by atoms with E-state index in [9.17, 15) is 4.79 Å². The first-order valence-corrected chi connectivity index (χ1v) is 6.82. The minimum atomic E-state index is 0.0378. The molecule has 2 rings (SSSR count). The number of halogens is 1. The predicted octanol–water partition coefficient (Wildman–Crippen LogP) is 4.39. The quantitative estimate of drug-likeness (QED) is 0.780. The standard InChI is InChI=1S/C17H17ClO2/c1-11-4-7-17(20-3)14(8-11)10-16(19)13-6-5-12(2)15(18)9-13/h4-9H,10H2,1-3H3. The first-order chi connectivity index (χ1) is 9.51. The molecule has 0 heterocycles. The molecule has 2 nitrogen and oxygen atoms in total. The third-order valence-electron chi connectivity index (χ3n) is 3.28. The zero-order valence-electron chi connectivity index (χ0n) is 11.9. The molecule has 0 amide bonds. The van der Waals surface area contributed by atoms with Gasteiger partial charge in [0.1, 0.15) is 5.75 Å². The van der Waals surface area contributed by atoms with E-state index in [4.69, 9.17) is 16.3 Å². The molecule has 104 valence electrons. The van der Waals surface area contributed by atoms with Gasteiger partial charge < -0.3 is 4.74 Å². The molecule has 0 bridgehead atoms. The van der Waals surface area contributed by atoms with Crippen molar-refractivity contribution in [3.63, 3.8) is 0 Å². The Morgan fingerprint density at radius 3 is 2.55 bits per heavy atom. The van der Waals surface area contributed by atoms with Crippen LogP contribution in [-0.2, 0) is 6.42 Å². The van der Waals surface area contributed by atoms with Crippen molar-refractivity contribution in [1.82, 2.24) is 0 Å². The molecule has 0 saturated carbocycles. The van der Waals surface area contributed by atoms with E-state index in [0.717, 1.165) is 22.4 Å². The first-order valence-electron chi connectivity index (χ1n) is 6.44. The Hall–Kier alpha value is -1.80. The van der Waals surface area contributed by atoms with Crippen LogP contribution in [0, 0.1) is 13.8 Å². The molecule has 0 aromatic heterocycles. The summed E-state index contributed by atoms with van der Waals surface area (Å²) in [5.41, 5.74) is 3.60. The number of carbonyl (C=O) groups is 1. The van der Waals surface area contributed by atoms with Crippen molar-refractivity contribution in [2.45, 2.75) is 20.3 Å². The molecule has 0 spiro atoms. The van der Waals surface area contributed by atoms with Crippen LogP contribution in [0.3, 0.4) is 0 Å². The predicted molar refractivity (Wildman–Crippen MR) is 82.0 cm³/mol. The van der Waals surface area contributed by atoms with E-state index in [-0.39, 0.29) is 5.78 Å². The Bertz CT molecular complexity index is 647. The maximum absolute atomic E-state index is 12.3. The van der Waals surface area contributed by atoms with Crippen LogP contribution >= 0.6 is 11.6 Å². The van der Waals surface area contributed by atoms with Crippen LogP contribution in [0.2, 0.25) is 5.02 Å². The second-order valence-corrected chi connectivity index (χ2v) is 5.29. The lowest BCUT2D eigenvalue weighted by Gasteiger charge is -2.09. The minimum Gasteiger partial charge on any atom is -0.496 e. The Kier molecular flexibility index (Phi) is 4.46. The Morgan fingerprint density at radius 1 is 1.15 bits per heavy atom. The van der Waals surface area contributed by atoms with Crippen molar-refractivity contribution >= 4 is 17.4 Å². The van der Waals surface area contributed by atoms with Crippen LogP contribution in [0.15, 0.2) is 36.4 Å². The number of methoxy groups -OCH3 is 1. The Labute approximate surface area is 124 Å². The maximum Gasteiger partial charge on any atom is 0.167 e. The topological polar surface area (TPSA) is 26.3 Å². The molecule has 0 unspecified atom stereocenters. The van der Waals surface area contributed by atoms with Crippen molar-refractivity contribution in [3.8, 4) is 5.75 Å². The summed E-state index contributed by atoms with van der Waals surface area (Å²) in [7, 11) is 1.61. The van der Waals surface area contributed by atoms with Crippen LogP contribution in [0.4, 0.5) is 0 Å². The molecule has 0 fully saturated rings. The summed E-state index contributed by atoms with van der Waals surface area (Å²) >= 11 is 6.07. The van der Waals surface area contributed by atoms with Crippen LogP contribution in [0.25, 0.3) is 0 Å². The van der Waals surface area contributed by atoms with E-state index in [1.54, 1.807) is 13.2 Å². The second kappa shape index (κ2) is 6.10.